The van der Waals surface area contributed by atoms with Gasteiger partial charge < -0.3 is 79.1 Å². The van der Waals surface area contributed by atoms with E-state index >= 15 is 0 Å². The van der Waals surface area contributed by atoms with E-state index in [1.54, 1.807) is 4.90 Å². The van der Waals surface area contributed by atoms with Gasteiger partial charge >= 0.3 is 5.97 Å². The molecule has 0 spiro atoms. The van der Waals surface area contributed by atoms with Crippen LogP contribution in [0.25, 0.3) is 0 Å². The molecule has 1 saturated carbocycles. The van der Waals surface area contributed by atoms with Crippen LogP contribution >= 0.6 is 0 Å². The second kappa shape index (κ2) is 35.3. The van der Waals surface area contributed by atoms with Gasteiger partial charge in [-0.3, -0.25) is 78.2 Å². The maximum atomic E-state index is 14.3. The molecule has 4 rings (SSSR count). The van der Waals surface area contributed by atoms with Crippen molar-refractivity contribution in [2.75, 3.05) is 52.5 Å². The Hall–Kier alpha value is -7.05. The number of carbonyl (C=O) groups excluding carboxylic acids is 12. The van der Waals surface area contributed by atoms with Crippen molar-refractivity contribution in [2.24, 2.45) is 11.7 Å². The van der Waals surface area contributed by atoms with Crippen molar-refractivity contribution >= 4 is 77.7 Å². The molecular weight excluding hydrogens is 1120 g/mol. The minimum Gasteiger partial charge on any atom is -0.476 e. The number of aliphatic hydroxyl groups excluding tert-OH is 4. The number of aliphatic carboxylic acids is 1. The normalized spacial score (nSPS) is 25.8. The minimum absolute atomic E-state index is 0.0275. The van der Waals surface area contributed by atoms with Crippen molar-refractivity contribution in [2.45, 2.75) is 175 Å². The third kappa shape index (κ3) is 21.5. The highest BCUT2D eigenvalue weighted by Gasteiger charge is 2.53. The second-order valence-electron chi connectivity index (χ2n) is 21.1. The van der Waals surface area contributed by atoms with Crippen LogP contribution in [0.4, 0.5) is 0 Å². The van der Waals surface area contributed by atoms with Crippen LogP contribution in [0, 0.1) is 5.92 Å². The number of hydrogen-bond acceptors (Lipinski definition) is 22. The lowest BCUT2D eigenvalue weighted by Gasteiger charge is -2.57. The van der Waals surface area contributed by atoms with E-state index in [2.05, 4.69) is 53.2 Å². The van der Waals surface area contributed by atoms with Crippen LogP contribution in [0.2, 0.25) is 0 Å². The van der Waals surface area contributed by atoms with Gasteiger partial charge in [0.15, 0.2) is 0 Å². The minimum atomic E-state index is -1.69. The van der Waals surface area contributed by atoms with Crippen molar-refractivity contribution < 1.29 is 98.3 Å². The van der Waals surface area contributed by atoms with Crippen molar-refractivity contribution in [1.29, 1.82) is 0 Å². The number of ketones is 1. The fraction of sp³-hybridized carbons (Fsp3) is 0.740. The molecule has 0 bridgehead atoms. The molecule has 4 fully saturated rings. The van der Waals surface area contributed by atoms with E-state index in [0.717, 1.165) is 0 Å². The number of nitrogens with one attached hydrogen (secondary N) is 10. The number of piperidine rings is 1. The van der Waals surface area contributed by atoms with Crippen LogP contribution in [0.3, 0.4) is 0 Å². The molecule has 34 heteroatoms. The summed E-state index contributed by atoms with van der Waals surface area (Å²) in [6.45, 7) is -2.70. The summed E-state index contributed by atoms with van der Waals surface area (Å²) in [5.41, 5.74) is 5.70. The van der Waals surface area contributed by atoms with Crippen molar-refractivity contribution in [3.05, 3.63) is 0 Å². The van der Waals surface area contributed by atoms with Crippen LogP contribution in [0.1, 0.15) is 103 Å². The van der Waals surface area contributed by atoms with Crippen LogP contribution in [0.5, 0.6) is 0 Å². The van der Waals surface area contributed by atoms with Crippen LogP contribution in [-0.2, 0) is 62.3 Å². The summed E-state index contributed by atoms with van der Waals surface area (Å²) in [6.07, 6.45) is -2.93. The molecule has 13 unspecified atom stereocenters. The smallest absolute Gasteiger partial charge is 0.372 e. The topological polar surface area (TPSA) is 520 Å². The summed E-state index contributed by atoms with van der Waals surface area (Å²) in [5.74, 6) is -11.0. The van der Waals surface area contributed by atoms with Gasteiger partial charge in [-0.05, 0) is 109 Å². The van der Waals surface area contributed by atoms with Crippen LogP contribution < -0.4 is 58.9 Å². The quantitative estimate of drug-likeness (QED) is 0.0101. The second-order valence-corrected chi connectivity index (χ2v) is 21.1. The summed E-state index contributed by atoms with van der Waals surface area (Å²) in [6, 6.07) is -11.1. The standard InChI is InChI=1S/C50H82N14O20/c51-14-3-1-7-28(57-48(79)34(24-66)61-49(80)35-13-16-52-42-32(56-40(72)12-11-37(69)50(81)82)19-27-20-38(70)39(71)21-36(27)64(35)42)43(74)54-22-41(73)55-29(9-5-17-62(83)25-67)45(76)58-30-8-2-4-15-53-44(75)33(23-65)60-47(78)31(59-46(30)77)10-6-18-63(84)26-68/h25-36,38-39,42,52,65-66,70-71,83-84H,1-24,51H2,(H,53,75)(H,54,74)(H,55,73)(H,56,72)(H,57,79)(H,58,76)(H,59,77)(H,60,78)(H,61,80)(H,81,82). The molecule has 3 saturated heterocycles. The van der Waals surface area contributed by atoms with Gasteiger partial charge in [0.05, 0.1) is 50.2 Å². The lowest BCUT2D eigenvalue weighted by atomic mass is 9.72. The SMILES string of the molecule is NCCCCC(NC(=O)C(CO)NC(=O)C1CCNC2C(NC(=O)CCC(=O)C(=O)O)CC3CC(O)C(O)CC3N12)C(=O)NCC(=O)NC(CCCN(O)C=O)C(=O)NC1CCCCNC(=O)C(CO)NC(=O)C(CCCN(O)C=O)NC1=O. The van der Waals surface area contributed by atoms with Gasteiger partial charge in [-0.15, -0.1) is 0 Å². The predicted molar refractivity (Wildman–Crippen MR) is 285 cm³/mol. The van der Waals surface area contributed by atoms with E-state index in [0.29, 0.717) is 11.5 Å². The summed E-state index contributed by atoms with van der Waals surface area (Å²) >= 11 is 0. The lowest BCUT2D eigenvalue weighted by molar-refractivity contribution is -0.151. The zero-order valence-electron chi connectivity index (χ0n) is 46.5. The predicted octanol–water partition coefficient (Wildman–Crippen LogP) is -8.51. The number of hydroxylamine groups is 4. The average molecular weight is 1200 g/mol. The number of nitrogens with zero attached hydrogens (tertiary/aromatic N) is 3. The Labute approximate surface area is 482 Å². The van der Waals surface area contributed by atoms with Crippen LogP contribution in [-0.4, -0.2) is 254 Å². The number of Topliss-reactive ketones (excluding diaryl/α,β-unsaturated/α-hetero) is 1. The monoisotopic (exact) mass is 1200 g/mol. The Balaban J connectivity index is 1.47. The maximum absolute atomic E-state index is 14.3. The Morgan fingerprint density at radius 2 is 1.37 bits per heavy atom. The number of nitrogens with two attached hydrogens (primary N) is 1. The molecule has 3 heterocycles. The number of aliphatic hydroxyl groups is 4. The summed E-state index contributed by atoms with van der Waals surface area (Å²) in [4.78, 5) is 169. The molecule has 472 valence electrons. The number of rotatable bonds is 31. The van der Waals surface area contributed by atoms with E-state index in [1.165, 1.54) is 0 Å². The van der Waals surface area contributed by atoms with E-state index in [-0.39, 0.29) is 140 Å². The molecule has 0 aromatic carbocycles. The molecular formula is C50H82N14O20. The van der Waals surface area contributed by atoms with Crippen molar-refractivity contribution in [1.82, 2.24) is 68.2 Å². The first kappa shape index (κ1) is 69.4. The maximum Gasteiger partial charge on any atom is 0.372 e. The van der Waals surface area contributed by atoms with E-state index in [9.17, 15) is 93.2 Å². The molecule has 1 aliphatic carbocycles. The van der Waals surface area contributed by atoms with Gasteiger partial charge in [0.2, 0.25) is 71.8 Å². The van der Waals surface area contributed by atoms with Gasteiger partial charge in [-0.1, -0.05) is 0 Å². The Kier molecular flexibility index (Phi) is 29.2. The molecule has 34 nitrogen and oxygen atoms in total. The zero-order chi connectivity index (χ0) is 62.0. The van der Waals surface area contributed by atoms with E-state index in [1.807, 2.05) is 0 Å². The fourth-order valence-electron chi connectivity index (χ4n) is 10.6. The number of carboxylic acids is 1. The molecule has 0 aromatic rings. The number of carboxylic acid groups (broad SMARTS) is 1. The van der Waals surface area contributed by atoms with Gasteiger partial charge in [0, 0.05) is 38.5 Å². The number of fused-ring (bicyclic) bond motifs is 3. The van der Waals surface area contributed by atoms with Crippen LogP contribution in [0.15, 0.2) is 0 Å². The first-order valence-electron chi connectivity index (χ1n) is 28.1. The average Bonchev–Trinajstić information content (AvgIpc) is 1.54. The number of hydrogen-bond donors (Lipinski definition) is 18. The van der Waals surface area contributed by atoms with Gasteiger partial charge in [0.25, 0.3) is 0 Å². The molecule has 11 amide bonds. The number of amides is 11. The van der Waals surface area contributed by atoms with Crippen molar-refractivity contribution in [3.8, 4) is 0 Å². The Bertz CT molecular complexity index is 2310. The fourth-order valence-corrected chi connectivity index (χ4v) is 10.6. The van der Waals surface area contributed by atoms with Gasteiger partial charge in [-0.25, -0.2) is 14.9 Å². The molecule has 84 heavy (non-hydrogen) atoms. The molecule has 19 N–H and O–H groups in total. The Morgan fingerprint density at radius 1 is 0.702 bits per heavy atom. The van der Waals surface area contributed by atoms with Crippen molar-refractivity contribution in [3.63, 3.8) is 0 Å². The third-order valence-corrected chi connectivity index (χ3v) is 15.0. The lowest BCUT2D eigenvalue weighted by Crippen LogP contribution is -2.75. The number of unbranched alkanes of at least 4 members (excludes halogenated alkanes) is 1. The Morgan fingerprint density at radius 3 is 2.04 bits per heavy atom. The molecule has 0 radical (unpaired) electrons. The summed E-state index contributed by atoms with van der Waals surface area (Å²) < 4.78 is 0. The first-order chi connectivity index (χ1) is 40.0. The summed E-state index contributed by atoms with van der Waals surface area (Å²) in [5, 5.41) is 96.5. The largest absolute Gasteiger partial charge is 0.476 e. The van der Waals surface area contributed by atoms with Gasteiger partial charge in [-0.2, -0.15) is 0 Å². The summed E-state index contributed by atoms with van der Waals surface area (Å²) in [7, 11) is 0. The van der Waals surface area contributed by atoms with E-state index in [4.69, 9.17) is 10.8 Å². The highest BCUT2D eigenvalue weighted by Crippen LogP contribution is 2.40. The highest BCUT2D eigenvalue weighted by atomic mass is 16.5. The first-order valence-corrected chi connectivity index (χ1v) is 28.1. The number of carbonyl (C=O) groups is 13. The highest BCUT2D eigenvalue weighted by molar-refractivity contribution is 6.32. The molecule has 4 aliphatic rings. The molecule has 13 atom stereocenters. The molecule has 3 aliphatic heterocycles. The van der Waals surface area contributed by atoms with Gasteiger partial charge in [0.1, 0.15) is 36.3 Å². The third-order valence-electron chi connectivity index (χ3n) is 15.0. The zero-order valence-corrected chi connectivity index (χ0v) is 46.5. The molecule has 0 aromatic heterocycles. The van der Waals surface area contributed by atoms with E-state index < -0.39 is 170 Å².